The van der Waals surface area contributed by atoms with Gasteiger partial charge in [0.2, 0.25) is 5.91 Å². The number of benzene rings is 1. The van der Waals surface area contributed by atoms with Crippen LogP contribution in [-0.2, 0) is 11.2 Å². The maximum absolute atomic E-state index is 12.2. The van der Waals surface area contributed by atoms with Crippen LogP contribution in [0.25, 0.3) is 0 Å². The number of phenols is 1. The van der Waals surface area contributed by atoms with Crippen molar-refractivity contribution in [1.29, 1.82) is 0 Å². The lowest BCUT2D eigenvalue weighted by atomic mass is 9.52. The molecule has 0 heterocycles. The molecule has 0 radical (unpaired) electrons. The molecule has 0 bridgehead atoms. The molecule has 38 heavy (non-hydrogen) atoms. The quantitative estimate of drug-likeness (QED) is 0.196. The Labute approximate surface area is 233 Å². The largest absolute Gasteiger partial charge is 0.508 e. The number of carbonyl (C=O) groups excluding carboxylic acids is 1. The molecule has 0 unspecified atom stereocenters. The molecule has 1 N–H and O–H groups in total. The van der Waals surface area contributed by atoms with E-state index in [1.54, 1.807) is 0 Å². The predicted molar refractivity (Wildman–Crippen MR) is 159 cm³/mol. The SMILES string of the molecule is C=C1CC[C@H]2[C@@H]3[C@H](CCCCCCCCCCC(=O)N(C)CCCC)Cc4cc(O)ccc4[C@H]3CC[C@]12C. The second kappa shape index (κ2) is 13.5. The van der Waals surface area contributed by atoms with E-state index < -0.39 is 0 Å². The average molecular weight is 522 g/mol. The van der Waals surface area contributed by atoms with Gasteiger partial charge in [-0.3, -0.25) is 4.79 Å². The third-order valence-corrected chi connectivity index (χ3v) is 10.8. The summed E-state index contributed by atoms with van der Waals surface area (Å²) in [4.78, 5) is 14.1. The second-order valence-electron chi connectivity index (χ2n) is 13.3. The highest BCUT2D eigenvalue weighted by molar-refractivity contribution is 5.75. The van der Waals surface area contributed by atoms with Gasteiger partial charge in [0.25, 0.3) is 0 Å². The van der Waals surface area contributed by atoms with Crippen LogP contribution in [0.3, 0.4) is 0 Å². The molecule has 0 aromatic heterocycles. The maximum Gasteiger partial charge on any atom is 0.222 e. The van der Waals surface area contributed by atoms with Gasteiger partial charge in [0.1, 0.15) is 5.75 Å². The van der Waals surface area contributed by atoms with Crippen molar-refractivity contribution in [3.05, 3.63) is 41.5 Å². The monoisotopic (exact) mass is 521 g/mol. The number of fused-ring (bicyclic) bond motifs is 5. The summed E-state index contributed by atoms with van der Waals surface area (Å²) >= 11 is 0. The predicted octanol–water partition coefficient (Wildman–Crippen LogP) is 9.19. The molecule has 4 rings (SSSR count). The van der Waals surface area contributed by atoms with E-state index in [9.17, 15) is 9.90 Å². The highest BCUT2D eigenvalue weighted by Crippen LogP contribution is 2.64. The molecule has 3 nitrogen and oxygen atoms in total. The van der Waals surface area contributed by atoms with Gasteiger partial charge in [0.15, 0.2) is 0 Å². The smallest absolute Gasteiger partial charge is 0.222 e. The minimum atomic E-state index is 0.321. The van der Waals surface area contributed by atoms with E-state index in [-0.39, 0.29) is 0 Å². The fraction of sp³-hybridized carbons (Fsp3) is 0.743. The lowest BCUT2D eigenvalue weighted by Crippen LogP contribution is -2.44. The Morgan fingerprint density at radius 2 is 1.76 bits per heavy atom. The summed E-state index contributed by atoms with van der Waals surface area (Å²) in [5.74, 6) is 3.75. The van der Waals surface area contributed by atoms with Crippen LogP contribution >= 0.6 is 0 Å². The highest BCUT2D eigenvalue weighted by Gasteiger charge is 2.54. The number of amides is 1. The Morgan fingerprint density at radius 1 is 1.05 bits per heavy atom. The van der Waals surface area contributed by atoms with Gasteiger partial charge in [-0.1, -0.05) is 83.4 Å². The number of unbranched alkanes of at least 4 members (excludes halogenated alkanes) is 8. The number of rotatable bonds is 14. The van der Waals surface area contributed by atoms with E-state index in [2.05, 4.69) is 32.6 Å². The molecular weight excluding hydrogens is 466 g/mol. The number of carbonyl (C=O) groups is 1. The Hall–Kier alpha value is -1.77. The fourth-order valence-electron chi connectivity index (χ4n) is 8.42. The molecule has 1 aromatic carbocycles. The summed E-state index contributed by atoms with van der Waals surface area (Å²) in [5, 5.41) is 10.2. The summed E-state index contributed by atoms with van der Waals surface area (Å²) in [5.41, 5.74) is 4.83. The van der Waals surface area contributed by atoms with Crippen molar-refractivity contribution in [2.45, 2.75) is 129 Å². The Balaban J connectivity index is 1.19. The minimum absolute atomic E-state index is 0.321. The summed E-state index contributed by atoms with van der Waals surface area (Å²) in [7, 11) is 1.95. The summed E-state index contributed by atoms with van der Waals surface area (Å²) in [6, 6.07) is 6.23. The fourth-order valence-corrected chi connectivity index (χ4v) is 8.42. The molecule has 0 aliphatic heterocycles. The summed E-state index contributed by atoms with van der Waals surface area (Å²) < 4.78 is 0. The Morgan fingerprint density at radius 3 is 2.50 bits per heavy atom. The van der Waals surface area contributed by atoms with E-state index in [4.69, 9.17) is 0 Å². The molecule has 3 aliphatic carbocycles. The van der Waals surface area contributed by atoms with Crippen LogP contribution in [-0.4, -0.2) is 29.5 Å². The lowest BCUT2D eigenvalue weighted by molar-refractivity contribution is -0.130. The second-order valence-corrected chi connectivity index (χ2v) is 13.3. The molecule has 3 heteroatoms. The van der Waals surface area contributed by atoms with Crippen LogP contribution in [0, 0.1) is 23.2 Å². The molecule has 212 valence electrons. The molecule has 1 aromatic rings. The first-order chi connectivity index (χ1) is 18.3. The van der Waals surface area contributed by atoms with E-state index >= 15 is 0 Å². The summed E-state index contributed by atoms with van der Waals surface area (Å²) in [6.07, 6.45) is 20.8. The van der Waals surface area contributed by atoms with Gasteiger partial charge in [-0.15, -0.1) is 0 Å². The van der Waals surface area contributed by atoms with Crippen LogP contribution in [0.5, 0.6) is 5.75 Å². The topological polar surface area (TPSA) is 40.5 Å². The van der Waals surface area contributed by atoms with Crippen molar-refractivity contribution >= 4 is 5.91 Å². The first-order valence-electron chi connectivity index (χ1n) is 16.1. The first-order valence-corrected chi connectivity index (χ1v) is 16.1. The molecule has 3 aliphatic rings. The molecule has 1 amide bonds. The average Bonchev–Trinajstić information content (AvgIpc) is 3.21. The molecule has 2 fully saturated rings. The van der Waals surface area contributed by atoms with Gasteiger partial charge in [-0.2, -0.15) is 0 Å². The zero-order valence-electron chi connectivity index (χ0n) is 24.8. The number of nitrogens with zero attached hydrogens (tertiary/aromatic N) is 1. The molecular formula is C35H55NO2. The van der Waals surface area contributed by atoms with Crippen molar-refractivity contribution < 1.29 is 9.90 Å². The van der Waals surface area contributed by atoms with Crippen LogP contribution < -0.4 is 0 Å². The summed E-state index contributed by atoms with van der Waals surface area (Å²) in [6.45, 7) is 10.1. The van der Waals surface area contributed by atoms with Crippen molar-refractivity contribution in [1.82, 2.24) is 4.90 Å². The molecule has 0 saturated heterocycles. The van der Waals surface area contributed by atoms with Crippen LogP contribution in [0.15, 0.2) is 30.4 Å². The highest BCUT2D eigenvalue weighted by atomic mass is 16.3. The molecule has 0 spiro atoms. The molecule has 5 atom stereocenters. The lowest BCUT2D eigenvalue weighted by Gasteiger charge is -2.52. The Bertz CT molecular complexity index is 938. The Kier molecular flexibility index (Phi) is 10.4. The van der Waals surface area contributed by atoms with E-state index in [1.807, 2.05) is 18.0 Å². The van der Waals surface area contributed by atoms with Gasteiger partial charge in [0.05, 0.1) is 0 Å². The van der Waals surface area contributed by atoms with Crippen molar-refractivity contribution in [2.24, 2.45) is 23.2 Å². The third kappa shape index (κ3) is 6.68. The van der Waals surface area contributed by atoms with Gasteiger partial charge in [-0.05, 0) is 104 Å². The van der Waals surface area contributed by atoms with Crippen molar-refractivity contribution in [3.8, 4) is 5.75 Å². The van der Waals surface area contributed by atoms with E-state index in [0.717, 1.165) is 56.4 Å². The first kappa shape index (κ1) is 29.2. The van der Waals surface area contributed by atoms with Crippen molar-refractivity contribution in [2.75, 3.05) is 13.6 Å². The van der Waals surface area contributed by atoms with E-state index in [0.29, 0.717) is 23.0 Å². The van der Waals surface area contributed by atoms with Crippen molar-refractivity contribution in [3.63, 3.8) is 0 Å². The van der Waals surface area contributed by atoms with Crippen LogP contribution in [0.2, 0.25) is 0 Å². The number of allylic oxidation sites excluding steroid dienone is 1. The van der Waals surface area contributed by atoms with Crippen LogP contribution in [0.1, 0.15) is 134 Å². The standard InChI is InChI=1S/C35H55NO2/c1-5-6-23-36(4)33(38)16-14-12-10-8-7-9-11-13-15-27-24-28-25-29(37)18-19-30(28)31-21-22-35(3)26(2)17-20-32(35)34(27)31/h18-19,25,27,31-32,34,37H,2,5-17,20-24H2,1,3-4H3/t27-,31-,32+,34-,35-/m1/s1. The van der Waals surface area contributed by atoms with Gasteiger partial charge >= 0.3 is 0 Å². The number of hydrogen-bond donors (Lipinski definition) is 1. The maximum atomic E-state index is 12.2. The number of phenolic OH excluding ortho intramolecular Hbond substituents is 1. The van der Waals surface area contributed by atoms with Crippen LogP contribution in [0.4, 0.5) is 0 Å². The third-order valence-electron chi connectivity index (χ3n) is 10.8. The molecule has 2 saturated carbocycles. The number of aromatic hydroxyl groups is 1. The van der Waals surface area contributed by atoms with Gasteiger partial charge in [0, 0.05) is 20.0 Å². The number of hydrogen-bond acceptors (Lipinski definition) is 2. The minimum Gasteiger partial charge on any atom is -0.508 e. The van der Waals surface area contributed by atoms with Gasteiger partial charge in [-0.25, -0.2) is 0 Å². The zero-order chi connectivity index (χ0) is 27.1. The van der Waals surface area contributed by atoms with E-state index in [1.165, 1.54) is 93.7 Å². The normalized spacial score (nSPS) is 28.0. The van der Waals surface area contributed by atoms with Gasteiger partial charge < -0.3 is 10.0 Å². The zero-order valence-corrected chi connectivity index (χ0v) is 24.8.